The summed E-state index contributed by atoms with van der Waals surface area (Å²) in [7, 11) is 1.84. The molecule has 1 aromatic rings. The first-order valence-electron chi connectivity index (χ1n) is 7.39. The fourth-order valence-corrected chi connectivity index (χ4v) is 2.97. The van der Waals surface area contributed by atoms with Crippen molar-refractivity contribution in [2.45, 2.75) is 19.3 Å². The van der Waals surface area contributed by atoms with Crippen LogP contribution in [0.2, 0.25) is 0 Å². The molecule has 0 aromatic heterocycles. The van der Waals surface area contributed by atoms with Gasteiger partial charge in [-0.05, 0) is 36.5 Å². The predicted molar refractivity (Wildman–Crippen MR) is 79.3 cm³/mol. The topological polar surface area (TPSA) is 58.6 Å². The highest BCUT2D eigenvalue weighted by Crippen LogP contribution is 2.25. The number of benzene rings is 1. The Morgan fingerprint density at radius 3 is 2.90 bits per heavy atom. The largest absolute Gasteiger partial charge is 0.381 e. The van der Waals surface area contributed by atoms with E-state index in [0.29, 0.717) is 17.9 Å². The highest BCUT2D eigenvalue weighted by Gasteiger charge is 2.22. The van der Waals surface area contributed by atoms with Gasteiger partial charge in [-0.3, -0.25) is 9.59 Å². The van der Waals surface area contributed by atoms with E-state index in [-0.39, 0.29) is 11.8 Å². The molecule has 2 amide bonds. The lowest BCUT2D eigenvalue weighted by atomic mass is 9.99. The summed E-state index contributed by atoms with van der Waals surface area (Å²) in [6.07, 6.45) is 2.43. The second-order valence-corrected chi connectivity index (χ2v) is 5.84. The van der Waals surface area contributed by atoms with E-state index in [0.717, 1.165) is 43.9 Å². The van der Waals surface area contributed by atoms with Crippen molar-refractivity contribution < 1.29 is 14.3 Å². The second-order valence-electron chi connectivity index (χ2n) is 5.84. The zero-order valence-electron chi connectivity index (χ0n) is 12.2. The van der Waals surface area contributed by atoms with Crippen LogP contribution in [-0.4, -0.2) is 43.5 Å². The van der Waals surface area contributed by atoms with Gasteiger partial charge in [-0.25, -0.2) is 0 Å². The molecule has 0 aliphatic carbocycles. The molecular weight excluding hydrogens is 268 g/mol. The van der Waals surface area contributed by atoms with E-state index in [1.807, 2.05) is 19.2 Å². The number of rotatable bonds is 3. The summed E-state index contributed by atoms with van der Waals surface area (Å²) in [5, 5.41) is 2.79. The predicted octanol–water partition coefficient (Wildman–Crippen LogP) is 1.68. The molecule has 21 heavy (non-hydrogen) atoms. The molecule has 1 aromatic carbocycles. The first kappa shape index (κ1) is 14.1. The Labute approximate surface area is 124 Å². The highest BCUT2D eigenvalue weighted by molar-refractivity contribution is 6.02. The van der Waals surface area contributed by atoms with E-state index in [4.69, 9.17) is 4.74 Å². The summed E-state index contributed by atoms with van der Waals surface area (Å²) in [6, 6.07) is 5.45. The number of carbonyl (C=O) groups is 2. The lowest BCUT2D eigenvalue weighted by molar-refractivity contribution is -0.115. The van der Waals surface area contributed by atoms with Gasteiger partial charge in [0.2, 0.25) is 5.91 Å². The van der Waals surface area contributed by atoms with Crippen LogP contribution in [0.15, 0.2) is 18.2 Å². The van der Waals surface area contributed by atoms with Crippen LogP contribution in [0.25, 0.3) is 0 Å². The molecule has 2 aliphatic heterocycles. The van der Waals surface area contributed by atoms with Gasteiger partial charge in [0.05, 0.1) is 6.42 Å². The Kier molecular flexibility index (Phi) is 3.92. The summed E-state index contributed by atoms with van der Waals surface area (Å²) < 4.78 is 5.34. The third kappa shape index (κ3) is 3.08. The van der Waals surface area contributed by atoms with Crippen molar-refractivity contribution >= 4 is 17.5 Å². The smallest absolute Gasteiger partial charge is 0.253 e. The molecule has 2 heterocycles. The molecular formula is C16H20N2O3. The Balaban J connectivity index is 1.67. The van der Waals surface area contributed by atoms with Gasteiger partial charge in [-0.2, -0.15) is 0 Å². The molecule has 0 saturated carbocycles. The first-order valence-corrected chi connectivity index (χ1v) is 7.39. The van der Waals surface area contributed by atoms with E-state index in [1.165, 1.54) is 0 Å². The molecule has 5 heteroatoms. The molecule has 0 spiro atoms. The Morgan fingerprint density at radius 1 is 1.38 bits per heavy atom. The van der Waals surface area contributed by atoms with Gasteiger partial charge in [-0.1, -0.05) is 6.07 Å². The van der Waals surface area contributed by atoms with E-state index in [9.17, 15) is 9.59 Å². The number of hydrogen-bond donors (Lipinski definition) is 1. The Morgan fingerprint density at radius 2 is 2.14 bits per heavy atom. The molecule has 0 atom stereocenters. The fourth-order valence-electron chi connectivity index (χ4n) is 2.97. The average molecular weight is 288 g/mol. The van der Waals surface area contributed by atoms with Gasteiger partial charge in [-0.15, -0.1) is 0 Å². The normalized spacial score (nSPS) is 18.2. The van der Waals surface area contributed by atoms with Crippen LogP contribution in [0.1, 0.15) is 28.8 Å². The SMILES string of the molecule is CN(CC1CCOCC1)C(=O)c1ccc2c(c1)NC(=O)C2. The molecule has 0 bridgehead atoms. The van der Waals surface area contributed by atoms with Crippen molar-refractivity contribution in [3.63, 3.8) is 0 Å². The van der Waals surface area contributed by atoms with Crippen molar-refractivity contribution in [1.29, 1.82) is 0 Å². The Bertz CT molecular complexity index is 565. The maximum atomic E-state index is 12.5. The third-order valence-electron chi connectivity index (χ3n) is 4.20. The molecule has 1 saturated heterocycles. The molecule has 2 aliphatic rings. The summed E-state index contributed by atoms with van der Waals surface area (Å²) >= 11 is 0. The minimum Gasteiger partial charge on any atom is -0.381 e. The van der Waals surface area contributed by atoms with E-state index in [2.05, 4.69) is 5.32 Å². The van der Waals surface area contributed by atoms with Crippen molar-refractivity contribution in [2.75, 3.05) is 32.1 Å². The number of anilines is 1. The number of fused-ring (bicyclic) bond motifs is 1. The molecule has 0 radical (unpaired) electrons. The van der Waals surface area contributed by atoms with E-state index >= 15 is 0 Å². The lowest BCUT2D eigenvalue weighted by Gasteiger charge is -2.27. The molecule has 0 unspecified atom stereocenters. The van der Waals surface area contributed by atoms with Crippen LogP contribution in [0.4, 0.5) is 5.69 Å². The molecule has 112 valence electrons. The monoisotopic (exact) mass is 288 g/mol. The van der Waals surface area contributed by atoms with Gasteiger partial charge < -0.3 is 15.0 Å². The van der Waals surface area contributed by atoms with Crippen LogP contribution in [-0.2, 0) is 16.0 Å². The first-order chi connectivity index (χ1) is 10.1. The van der Waals surface area contributed by atoms with Crippen molar-refractivity contribution in [3.05, 3.63) is 29.3 Å². The number of hydrogen-bond acceptors (Lipinski definition) is 3. The van der Waals surface area contributed by atoms with Crippen LogP contribution in [0.5, 0.6) is 0 Å². The van der Waals surface area contributed by atoms with Gasteiger partial charge in [0.25, 0.3) is 5.91 Å². The second kappa shape index (κ2) is 5.85. The molecule has 1 fully saturated rings. The zero-order chi connectivity index (χ0) is 14.8. The minimum atomic E-state index is -0.00911. The minimum absolute atomic E-state index is 0.00504. The lowest BCUT2D eigenvalue weighted by Crippen LogP contribution is -2.34. The van der Waals surface area contributed by atoms with Crippen molar-refractivity contribution in [2.24, 2.45) is 5.92 Å². The highest BCUT2D eigenvalue weighted by atomic mass is 16.5. The number of amides is 2. The average Bonchev–Trinajstić information content (AvgIpc) is 2.86. The van der Waals surface area contributed by atoms with Crippen LogP contribution in [0.3, 0.4) is 0 Å². The van der Waals surface area contributed by atoms with Crippen molar-refractivity contribution in [1.82, 2.24) is 4.90 Å². The standard InChI is InChI=1S/C16H20N2O3/c1-18(10-11-4-6-21-7-5-11)16(20)13-3-2-12-9-15(19)17-14(12)8-13/h2-3,8,11H,4-7,9-10H2,1H3,(H,17,19). The van der Waals surface area contributed by atoms with E-state index < -0.39 is 0 Å². The summed E-state index contributed by atoms with van der Waals surface area (Å²) in [4.78, 5) is 25.6. The maximum absolute atomic E-state index is 12.5. The summed E-state index contributed by atoms with van der Waals surface area (Å²) in [6.45, 7) is 2.33. The number of nitrogens with zero attached hydrogens (tertiary/aromatic N) is 1. The van der Waals surface area contributed by atoms with Gasteiger partial charge in [0, 0.05) is 38.1 Å². The van der Waals surface area contributed by atoms with Gasteiger partial charge in [0.15, 0.2) is 0 Å². The number of nitrogens with one attached hydrogen (secondary N) is 1. The maximum Gasteiger partial charge on any atom is 0.253 e. The van der Waals surface area contributed by atoms with Crippen LogP contribution >= 0.6 is 0 Å². The van der Waals surface area contributed by atoms with Crippen LogP contribution in [0, 0.1) is 5.92 Å². The van der Waals surface area contributed by atoms with Crippen molar-refractivity contribution in [3.8, 4) is 0 Å². The number of carbonyl (C=O) groups excluding carboxylic acids is 2. The van der Waals surface area contributed by atoms with Gasteiger partial charge in [0.1, 0.15) is 0 Å². The van der Waals surface area contributed by atoms with Crippen LogP contribution < -0.4 is 5.32 Å². The fraction of sp³-hybridized carbons (Fsp3) is 0.500. The number of ether oxygens (including phenoxy) is 1. The molecule has 3 rings (SSSR count). The summed E-state index contributed by atoms with van der Waals surface area (Å²) in [5.74, 6) is 0.512. The summed E-state index contributed by atoms with van der Waals surface area (Å²) in [5.41, 5.74) is 2.36. The molecule has 1 N–H and O–H groups in total. The quantitative estimate of drug-likeness (QED) is 0.920. The third-order valence-corrected chi connectivity index (χ3v) is 4.20. The Hall–Kier alpha value is -1.88. The molecule has 5 nitrogen and oxygen atoms in total. The zero-order valence-corrected chi connectivity index (χ0v) is 12.2. The van der Waals surface area contributed by atoms with E-state index in [1.54, 1.807) is 11.0 Å². The van der Waals surface area contributed by atoms with Gasteiger partial charge >= 0.3 is 0 Å².